The molecule has 0 saturated carbocycles. The van der Waals surface area contributed by atoms with Gasteiger partial charge in [0.2, 0.25) is 0 Å². The summed E-state index contributed by atoms with van der Waals surface area (Å²) in [6.07, 6.45) is 0.544. The lowest BCUT2D eigenvalue weighted by Crippen LogP contribution is -2.39. The number of hydrogen-bond acceptors (Lipinski definition) is 3. The number of ether oxygens (including phenoxy) is 1. The molecule has 2 atom stereocenters. The van der Waals surface area contributed by atoms with Crippen molar-refractivity contribution in [3.8, 4) is 0 Å². The van der Waals surface area contributed by atoms with E-state index in [-0.39, 0.29) is 12.0 Å². The maximum atomic E-state index is 9.91. The largest absolute Gasteiger partial charge is 0.393 e. The van der Waals surface area contributed by atoms with Crippen molar-refractivity contribution in [3.05, 3.63) is 34.3 Å². The van der Waals surface area contributed by atoms with E-state index < -0.39 is 0 Å². The van der Waals surface area contributed by atoms with Crippen LogP contribution in [0.4, 0.5) is 0 Å². The van der Waals surface area contributed by atoms with Crippen LogP contribution >= 0.6 is 15.9 Å². The highest BCUT2D eigenvalue weighted by atomic mass is 79.9. The Morgan fingerprint density at radius 2 is 2.11 bits per heavy atom. The highest BCUT2D eigenvalue weighted by Crippen LogP contribution is 2.17. The van der Waals surface area contributed by atoms with E-state index in [2.05, 4.69) is 52.1 Å². The monoisotopic (exact) mass is 313 g/mol. The van der Waals surface area contributed by atoms with Crippen LogP contribution in [0.5, 0.6) is 0 Å². The predicted octanol–water partition coefficient (Wildman–Crippen LogP) is 2.28. The summed E-state index contributed by atoms with van der Waals surface area (Å²) in [7, 11) is 2.09. The molecule has 18 heavy (non-hydrogen) atoms. The van der Waals surface area contributed by atoms with Crippen molar-refractivity contribution < 1.29 is 9.84 Å². The molecule has 0 aromatic heterocycles. The number of benzene rings is 1. The molecule has 2 unspecified atom stereocenters. The Kier molecular flexibility index (Phi) is 5.18. The summed E-state index contributed by atoms with van der Waals surface area (Å²) in [5, 5.41) is 9.91. The fourth-order valence-electron chi connectivity index (χ4n) is 2.33. The van der Waals surface area contributed by atoms with Gasteiger partial charge >= 0.3 is 0 Å². The van der Waals surface area contributed by atoms with E-state index in [1.807, 2.05) is 0 Å². The zero-order valence-corrected chi connectivity index (χ0v) is 12.3. The number of hydrogen-bond donors (Lipinski definition) is 1. The van der Waals surface area contributed by atoms with Gasteiger partial charge in [0.25, 0.3) is 0 Å². The smallest absolute Gasteiger partial charge is 0.0624 e. The predicted molar refractivity (Wildman–Crippen MR) is 75.4 cm³/mol. The van der Waals surface area contributed by atoms with Gasteiger partial charge in [0.05, 0.1) is 12.7 Å². The Bertz CT molecular complexity index is 369. The molecule has 0 spiro atoms. The summed E-state index contributed by atoms with van der Waals surface area (Å²) < 4.78 is 6.53. The molecule has 1 N–H and O–H groups in total. The molecule has 4 heteroatoms. The quantitative estimate of drug-likeness (QED) is 0.925. The summed E-state index contributed by atoms with van der Waals surface area (Å²) in [6.45, 7) is 3.13. The molecule has 2 rings (SSSR count). The average Bonchev–Trinajstić information content (AvgIpc) is 2.35. The number of halogens is 1. The van der Waals surface area contributed by atoms with Gasteiger partial charge < -0.3 is 14.7 Å². The van der Waals surface area contributed by atoms with E-state index in [0.29, 0.717) is 13.2 Å². The summed E-state index contributed by atoms with van der Waals surface area (Å²) in [5.41, 5.74) is 1.28. The van der Waals surface area contributed by atoms with Crippen LogP contribution in [-0.4, -0.2) is 42.9 Å². The summed E-state index contributed by atoms with van der Waals surface area (Å²) in [4.78, 5) is 2.24. The van der Waals surface area contributed by atoms with E-state index in [1.165, 1.54) is 5.56 Å². The van der Waals surface area contributed by atoms with Crippen molar-refractivity contribution in [2.75, 3.05) is 26.8 Å². The van der Waals surface area contributed by atoms with Gasteiger partial charge in [-0.05, 0) is 31.2 Å². The molecular formula is C14H20BrNO2. The van der Waals surface area contributed by atoms with Crippen LogP contribution < -0.4 is 0 Å². The minimum absolute atomic E-state index is 0.217. The molecule has 0 bridgehead atoms. The topological polar surface area (TPSA) is 32.7 Å². The van der Waals surface area contributed by atoms with E-state index in [9.17, 15) is 5.11 Å². The molecule has 1 aliphatic heterocycles. The van der Waals surface area contributed by atoms with E-state index >= 15 is 0 Å². The van der Waals surface area contributed by atoms with Crippen LogP contribution in [-0.2, 0) is 11.3 Å². The van der Waals surface area contributed by atoms with Gasteiger partial charge in [0.15, 0.2) is 0 Å². The third-order valence-corrected chi connectivity index (χ3v) is 3.87. The Labute approximate surface area is 117 Å². The summed E-state index contributed by atoms with van der Waals surface area (Å²) in [5.74, 6) is 0.235. The summed E-state index contributed by atoms with van der Waals surface area (Å²) in [6, 6.07) is 8.35. The fourth-order valence-corrected chi connectivity index (χ4v) is 2.59. The van der Waals surface area contributed by atoms with Gasteiger partial charge in [-0.25, -0.2) is 0 Å². The second-order valence-corrected chi connectivity index (χ2v) is 5.93. The standard InChI is InChI=1S/C14H20BrNO2/c1-16(8-11-2-4-13(15)5-3-11)9-12-10-18-7-6-14(12)17/h2-5,12,14,17H,6-10H2,1H3. The second kappa shape index (κ2) is 6.66. The minimum Gasteiger partial charge on any atom is -0.393 e. The molecule has 1 aromatic rings. The highest BCUT2D eigenvalue weighted by molar-refractivity contribution is 9.10. The van der Waals surface area contributed by atoms with Crippen molar-refractivity contribution in [2.45, 2.75) is 19.1 Å². The maximum absolute atomic E-state index is 9.91. The van der Waals surface area contributed by atoms with Gasteiger partial charge in [0.1, 0.15) is 0 Å². The maximum Gasteiger partial charge on any atom is 0.0624 e. The van der Waals surface area contributed by atoms with Crippen molar-refractivity contribution in [1.29, 1.82) is 0 Å². The van der Waals surface area contributed by atoms with Gasteiger partial charge in [-0.2, -0.15) is 0 Å². The lowest BCUT2D eigenvalue weighted by atomic mass is 9.98. The number of aliphatic hydroxyl groups is 1. The molecule has 1 saturated heterocycles. The average molecular weight is 314 g/mol. The number of nitrogens with zero attached hydrogens (tertiary/aromatic N) is 1. The molecule has 1 aliphatic rings. The second-order valence-electron chi connectivity index (χ2n) is 5.01. The van der Waals surface area contributed by atoms with Crippen molar-refractivity contribution >= 4 is 15.9 Å². The van der Waals surface area contributed by atoms with Crippen molar-refractivity contribution in [3.63, 3.8) is 0 Å². The summed E-state index contributed by atoms with van der Waals surface area (Å²) >= 11 is 3.44. The first-order valence-electron chi connectivity index (χ1n) is 6.34. The molecule has 0 amide bonds. The molecule has 1 heterocycles. The zero-order chi connectivity index (χ0) is 13.0. The van der Waals surface area contributed by atoms with Gasteiger partial charge in [-0.1, -0.05) is 28.1 Å². The lowest BCUT2D eigenvalue weighted by Gasteiger charge is -2.31. The molecule has 1 aromatic carbocycles. The third-order valence-electron chi connectivity index (χ3n) is 3.35. The van der Waals surface area contributed by atoms with E-state index in [4.69, 9.17) is 4.74 Å². The molecular weight excluding hydrogens is 294 g/mol. The number of aliphatic hydroxyl groups excluding tert-OH is 1. The third kappa shape index (κ3) is 4.05. The van der Waals surface area contributed by atoms with Crippen LogP contribution in [0.2, 0.25) is 0 Å². The first-order chi connectivity index (χ1) is 8.65. The van der Waals surface area contributed by atoms with Crippen molar-refractivity contribution in [2.24, 2.45) is 5.92 Å². The molecule has 1 fully saturated rings. The molecule has 100 valence electrons. The Morgan fingerprint density at radius 3 is 2.78 bits per heavy atom. The molecule has 0 radical (unpaired) electrons. The first-order valence-corrected chi connectivity index (χ1v) is 7.13. The normalized spacial score (nSPS) is 24.4. The van der Waals surface area contributed by atoms with Crippen LogP contribution in [0.3, 0.4) is 0 Å². The van der Waals surface area contributed by atoms with Crippen molar-refractivity contribution in [1.82, 2.24) is 4.90 Å². The Balaban J connectivity index is 1.84. The lowest BCUT2D eigenvalue weighted by molar-refractivity contribution is -0.0451. The van der Waals surface area contributed by atoms with E-state index in [0.717, 1.165) is 24.0 Å². The Hall–Kier alpha value is -0.420. The highest BCUT2D eigenvalue weighted by Gasteiger charge is 2.24. The minimum atomic E-state index is -0.217. The van der Waals surface area contributed by atoms with Gasteiger partial charge in [-0.15, -0.1) is 0 Å². The molecule has 3 nitrogen and oxygen atoms in total. The van der Waals surface area contributed by atoms with E-state index in [1.54, 1.807) is 0 Å². The Morgan fingerprint density at radius 1 is 1.39 bits per heavy atom. The zero-order valence-electron chi connectivity index (χ0n) is 10.7. The van der Waals surface area contributed by atoms with Crippen LogP contribution in [0, 0.1) is 5.92 Å². The molecule has 0 aliphatic carbocycles. The SMILES string of the molecule is CN(Cc1ccc(Br)cc1)CC1COCCC1O. The fraction of sp³-hybridized carbons (Fsp3) is 0.571. The number of rotatable bonds is 4. The van der Waals surface area contributed by atoms with Crippen LogP contribution in [0.25, 0.3) is 0 Å². The van der Waals surface area contributed by atoms with Crippen LogP contribution in [0.1, 0.15) is 12.0 Å². The van der Waals surface area contributed by atoms with Gasteiger partial charge in [0, 0.05) is 30.1 Å². The van der Waals surface area contributed by atoms with Crippen LogP contribution in [0.15, 0.2) is 28.7 Å². The van der Waals surface area contributed by atoms with Gasteiger partial charge in [-0.3, -0.25) is 0 Å². The first kappa shape index (κ1) is 14.0.